The lowest BCUT2D eigenvalue weighted by molar-refractivity contribution is -0.113. The molecule has 1 aliphatic carbocycles. The van der Waals surface area contributed by atoms with E-state index in [2.05, 4.69) is 22.8 Å². The van der Waals surface area contributed by atoms with Crippen molar-refractivity contribution in [2.45, 2.75) is 36.6 Å². The quantitative estimate of drug-likeness (QED) is 0.844. The van der Waals surface area contributed by atoms with Crippen molar-refractivity contribution in [2.75, 3.05) is 11.1 Å². The molecule has 1 heterocycles. The number of amides is 2. The summed E-state index contributed by atoms with van der Waals surface area (Å²) in [6.45, 7) is 0. The molecule has 0 bridgehead atoms. The fourth-order valence-electron chi connectivity index (χ4n) is 3.87. The van der Waals surface area contributed by atoms with Crippen LogP contribution >= 0.6 is 11.8 Å². The highest BCUT2D eigenvalue weighted by atomic mass is 32.2. The van der Waals surface area contributed by atoms with Gasteiger partial charge in [-0.1, -0.05) is 43.2 Å². The minimum absolute atomic E-state index is 0.0202. The zero-order valence-corrected chi connectivity index (χ0v) is 15.4. The third kappa shape index (κ3) is 3.63. The number of nitrogens with one attached hydrogen (secondary N) is 2. The molecule has 2 N–H and O–H groups in total. The lowest BCUT2D eigenvalue weighted by Gasteiger charge is -2.25. The van der Waals surface area contributed by atoms with Crippen molar-refractivity contribution >= 4 is 29.3 Å². The average molecular weight is 366 g/mol. The molecule has 0 saturated heterocycles. The number of anilines is 1. The maximum Gasteiger partial charge on any atom is 0.251 e. The summed E-state index contributed by atoms with van der Waals surface area (Å²) >= 11 is 1.50. The van der Waals surface area contributed by atoms with Gasteiger partial charge in [0, 0.05) is 10.5 Å². The average Bonchev–Trinajstić information content (AvgIpc) is 3.20. The Kier molecular flexibility index (Phi) is 4.98. The van der Waals surface area contributed by atoms with Gasteiger partial charge >= 0.3 is 0 Å². The minimum atomic E-state index is -0.0848. The largest absolute Gasteiger partial charge is 0.345 e. The van der Waals surface area contributed by atoms with Gasteiger partial charge < -0.3 is 10.6 Å². The van der Waals surface area contributed by atoms with Crippen molar-refractivity contribution in [3.05, 3.63) is 59.7 Å². The normalized spacial score (nSPS) is 18.1. The molecule has 4 nitrogen and oxygen atoms in total. The van der Waals surface area contributed by atoms with Crippen LogP contribution in [0.5, 0.6) is 0 Å². The first-order valence-electron chi connectivity index (χ1n) is 9.13. The Hall–Kier alpha value is -2.27. The van der Waals surface area contributed by atoms with E-state index < -0.39 is 0 Å². The molecule has 4 rings (SSSR count). The summed E-state index contributed by atoms with van der Waals surface area (Å²) in [5, 5.41) is 6.11. The third-order valence-corrected chi connectivity index (χ3v) is 6.26. The van der Waals surface area contributed by atoms with E-state index >= 15 is 0 Å². The second-order valence-corrected chi connectivity index (χ2v) is 7.97. The Morgan fingerprint density at radius 2 is 1.88 bits per heavy atom. The summed E-state index contributed by atoms with van der Waals surface area (Å²) in [5.74, 6) is 0.803. The standard InChI is InChI=1S/C21H22N2O2S/c24-19-13-26-18-11-10-16(12-17(18)22-19)21(25)23-20(15-8-4-5-9-15)14-6-2-1-3-7-14/h1-3,6-7,10-12,15,20H,4-5,8-9,13H2,(H,22,24)(H,23,25). The second-order valence-electron chi connectivity index (χ2n) is 6.95. The van der Waals surface area contributed by atoms with Crippen LogP contribution in [0.4, 0.5) is 5.69 Å². The molecular formula is C21H22N2O2S. The lowest BCUT2D eigenvalue weighted by Crippen LogP contribution is -2.33. The van der Waals surface area contributed by atoms with Crippen molar-refractivity contribution < 1.29 is 9.59 Å². The molecule has 134 valence electrons. The fourth-order valence-corrected chi connectivity index (χ4v) is 4.66. The molecule has 1 aliphatic heterocycles. The molecule has 1 unspecified atom stereocenters. The summed E-state index contributed by atoms with van der Waals surface area (Å²) < 4.78 is 0. The number of fused-ring (bicyclic) bond motifs is 1. The Labute approximate surface area is 157 Å². The van der Waals surface area contributed by atoms with Crippen LogP contribution in [0.3, 0.4) is 0 Å². The summed E-state index contributed by atoms with van der Waals surface area (Å²) in [4.78, 5) is 25.5. The van der Waals surface area contributed by atoms with Gasteiger partial charge in [0.15, 0.2) is 0 Å². The molecule has 0 spiro atoms. The number of rotatable bonds is 4. The number of hydrogen-bond acceptors (Lipinski definition) is 3. The van der Waals surface area contributed by atoms with Crippen molar-refractivity contribution in [1.82, 2.24) is 5.32 Å². The lowest BCUT2D eigenvalue weighted by atomic mass is 9.91. The molecule has 26 heavy (non-hydrogen) atoms. The number of thioether (sulfide) groups is 1. The number of hydrogen-bond donors (Lipinski definition) is 2. The molecule has 1 fully saturated rings. The number of benzene rings is 2. The van der Waals surface area contributed by atoms with Gasteiger partial charge in [0.2, 0.25) is 5.91 Å². The van der Waals surface area contributed by atoms with Crippen LogP contribution < -0.4 is 10.6 Å². The molecular weight excluding hydrogens is 344 g/mol. The van der Waals surface area contributed by atoms with Gasteiger partial charge in [0.05, 0.1) is 17.5 Å². The number of carbonyl (C=O) groups excluding carboxylic acids is 2. The molecule has 2 amide bonds. The molecule has 0 aromatic heterocycles. The van der Waals surface area contributed by atoms with Crippen LogP contribution in [-0.4, -0.2) is 17.6 Å². The van der Waals surface area contributed by atoms with Gasteiger partial charge in [-0.25, -0.2) is 0 Å². The Morgan fingerprint density at radius 3 is 2.65 bits per heavy atom. The monoisotopic (exact) mass is 366 g/mol. The SMILES string of the molecule is O=C1CSc2ccc(C(=O)NC(c3ccccc3)C3CCCC3)cc2N1. The van der Waals surface area contributed by atoms with Gasteiger partial charge in [0.1, 0.15) is 0 Å². The van der Waals surface area contributed by atoms with Gasteiger partial charge in [-0.15, -0.1) is 11.8 Å². The van der Waals surface area contributed by atoms with E-state index in [0.717, 1.165) is 29.0 Å². The second kappa shape index (κ2) is 7.54. The fraction of sp³-hybridized carbons (Fsp3) is 0.333. The molecule has 1 saturated carbocycles. The molecule has 5 heteroatoms. The Balaban J connectivity index is 1.56. The van der Waals surface area contributed by atoms with Crippen LogP contribution in [0.15, 0.2) is 53.4 Å². The molecule has 0 radical (unpaired) electrons. The van der Waals surface area contributed by atoms with Crippen LogP contribution in [0.25, 0.3) is 0 Å². The third-order valence-electron chi connectivity index (χ3n) is 5.19. The van der Waals surface area contributed by atoms with E-state index in [0.29, 0.717) is 17.2 Å². The highest BCUT2D eigenvalue weighted by Gasteiger charge is 2.28. The van der Waals surface area contributed by atoms with E-state index in [1.807, 2.05) is 30.3 Å². The first-order chi connectivity index (χ1) is 12.7. The number of carbonyl (C=O) groups is 2. The highest BCUT2D eigenvalue weighted by molar-refractivity contribution is 8.00. The first-order valence-corrected chi connectivity index (χ1v) is 10.1. The maximum atomic E-state index is 12.9. The van der Waals surface area contributed by atoms with E-state index in [1.54, 1.807) is 6.07 Å². The van der Waals surface area contributed by atoms with E-state index in [9.17, 15) is 9.59 Å². The smallest absolute Gasteiger partial charge is 0.251 e. The van der Waals surface area contributed by atoms with Gasteiger partial charge in [-0.05, 0) is 42.5 Å². The van der Waals surface area contributed by atoms with Crippen LogP contribution in [0.2, 0.25) is 0 Å². The van der Waals surface area contributed by atoms with Crippen LogP contribution in [0.1, 0.15) is 47.6 Å². The highest BCUT2D eigenvalue weighted by Crippen LogP contribution is 2.36. The zero-order valence-electron chi connectivity index (χ0n) is 14.5. The summed E-state index contributed by atoms with van der Waals surface area (Å²) in [7, 11) is 0. The van der Waals surface area contributed by atoms with Gasteiger partial charge in [-0.3, -0.25) is 9.59 Å². The molecule has 2 aromatic rings. The predicted molar refractivity (Wildman–Crippen MR) is 104 cm³/mol. The summed E-state index contributed by atoms with van der Waals surface area (Å²) in [5.41, 5.74) is 2.48. The van der Waals surface area contributed by atoms with E-state index in [-0.39, 0.29) is 17.9 Å². The Morgan fingerprint density at radius 1 is 1.12 bits per heavy atom. The zero-order chi connectivity index (χ0) is 17.9. The summed E-state index contributed by atoms with van der Waals surface area (Å²) in [6.07, 6.45) is 4.76. The minimum Gasteiger partial charge on any atom is -0.345 e. The van der Waals surface area contributed by atoms with Crippen molar-refractivity contribution in [3.8, 4) is 0 Å². The van der Waals surface area contributed by atoms with Crippen molar-refractivity contribution in [2.24, 2.45) is 5.92 Å². The van der Waals surface area contributed by atoms with Crippen molar-refractivity contribution in [1.29, 1.82) is 0 Å². The van der Waals surface area contributed by atoms with Crippen LogP contribution in [0, 0.1) is 5.92 Å². The molecule has 2 aromatic carbocycles. The van der Waals surface area contributed by atoms with Gasteiger partial charge in [-0.2, -0.15) is 0 Å². The van der Waals surface area contributed by atoms with E-state index in [1.165, 1.54) is 24.6 Å². The molecule has 1 atom stereocenters. The topological polar surface area (TPSA) is 58.2 Å². The summed E-state index contributed by atoms with van der Waals surface area (Å²) in [6, 6.07) is 15.8. The first kappa shape index (κ1) is 17.2. The Bertz CT molecular complexity index is 816. The molecule has 2 aliphatic rings. The van der Waals surface area contributed by atoms with E-state index in [4.69, 9.17) is 0 Å². The van der Waals surface area contributed by atoms with Crippen LogP contribution in [-0.2, 0) is 4.79 Å². The van der Waals surface area contributed by atoms with Crippen molar-refractivity contribution in [3.63, 3.8) is 0 Å². The van der Waals surface area contributed by atoms with Gasteiger partial charge in [0.25, 0.3) is 5.91 Å². The maximum absolute atomic E-state index is 12.9. The predicted octanol–water partition coefficient (Wildman–Crippen LogP) is 4.39.